The summed E-state index contributed by atoms with van der Waals surface area (Å²) in [7, 11) is 0. The summed E-state index contributed by atoms with van der Waals surface area (Å²) in [5.41, 5.74) is 2.70. The van der Waals surface area contributed by atoms with Gasteiger partial charge in [0.25, 0.3) is 0 Å². The number of hydrogen-bond donors (Lipinski definition) is 1. The monoisotopic (exact) mass is 372 g/mol. The topological polar surface area (TPSA) is 67.2 Å². The van der Waals surface area contributed by atoms with Gasteiger partial charge in [-0.3, -0.25) is 9.59 Å². The van der Waals surface area contributed by atoms with Gasteiger partial charge in [-0.25, -0.2) is 9.37 Å². The third kappa shape index (κ3) is 4.35. The Balaban J connectivity index is 1.72. The van der Waals surface area contributed by atoms with Gasteiger partial charge in [-0.05, 0) is 24.6 Å². The van der Waals surface area contributed by atoms with Crippen molar-refractivity contribution in [1.82, 2.24) is 19.8 Å². The van der Waals surface area contributed by atoms with E-state index >= 15 is 0 Å². The fraction of sp³-hybridized carbons (Fsp3) is 0.450. The van der Waals surface area contributed by atoms with Crippen molar-refractivity contribution in [3.05, 3.63) is 52.9 Å². The summed E-state index contributed by atoms with van der Waals surface area (Å²) >= 11 is 0. The van der Waals surface area contributed by atoms with Crippen LogP contribution in [0, 0.1) is 5.82 Å². The fourth-order valence-electron chi connectivity index (χ4n) is 3.43. The SMILES string of the molecule is CCC(=O)NCc1nc2c(n1CC)CN(C(=O)Cc1cccc(F)c1)CC2. The Hall–Kier alpha value is -2.70. The summed E-state index contributed by atoms with van der Waals surface area (Å²) in [5.74, 6) is 0.467. The first-order valence-electron chi connectivity index (χ1n) is 9.37. The van der Waals surface area contributed by atoms with E-state index < -0.39 is 0 Å². The smallest absolute Gasteiger partial charge is 0.227 e. The number of halogens is 1. The molecule has 1 aliphatic rings. The molecule has 27 heavy (non-hydrogen) atoms. The number of carbonyl (C=O) groups excluding carboxylic acids is 2. The van der Waals surface area contributed by atoms with Gasteiger partial charge in [-0.15, -0.1) is 0 Å². The lowest BCUT2D eigenvalue weighted by Crippen LogP contribution is -2.37. The van der Waals surface area contributed by atoms with E-state index in [-0.39, 0.29) is 24.1 Å². The van der Waals surface area contributed by atoms with Crippen LogP contribution in [0.25, 0.3) is 0 Å². The van der Waals surface area contributed by atoms with Crippen molar-refractivity contribution in [3.63, 3.8) is 0 Å². The molecular formula is C20H25FN4O2. The average molecular weight is 372 g/mol. The van der Waals surface area contributed by atoms with Gasteiger partial charge >= 0.3 is 0 Å². The Morgan fingerprint density at radius 1 is 1.30 bits per heavy atom. The van der Waals surface area contributed by atoms with Crippen LogP contribution in [0.2, 0.25) is 0 Å². The van der Waals surface area contributed by atoms with Gasteiger partial charge in [0.1, 0.15) is 11.6 Å². The van der Waals surface area contributed by atoms with Gasteiger partial charge in [0.15, 0.2) is 0 Å². The van der Waals surface area contributed by atoms with E-state index in [1.807, 2.05) is 13.8 Å². The molecule has 144 valence electrons. The zero-order valence-corrected chi connectivity index (χ0v) is 15.8. The summed E-state index contributed by atoms with van der Waals surface area (Å²) < 4.78 is 15.4. The molecule has 1 aromatic heterocycles. The van der Waals surface area contributed by atoms with Crippen molar-refractivity contribution >= 4 is 11.8 Å². The number of hydrogen-bond acceptors (Lipinski definition) is 3. The largest absolute Gasteiger partial charge is 0.349 e. The second kappa shape index (κ2) is 8.33. The Morgan fingerprint density at radius 3 is 2.81 bits per heavy atom. The van der Waals surface area contributed by atoms with Crippen molar-refractivity contribution in [1.29, 1.82) is 0 Å². The minimum absolute atomic E-state index is 0.00878. The standard InChI is InChI=1S/C20H25FN4O2/c1-3-19(26)22-12-18-23-16-8-9-24(13-17(16)25(18)4-2)20(27)11-14-6-5-7-15(21)10-14/h5-7,10H,3-4,8-9,11-13H2,1-2H3,(H,22,26). The number of rotatable bonds is 6. The molecule has 7 heteroatoms. The van der Waals surface area contributed by atoms with Crippen LogP contribution >= 0.6 is 0 Å². The third-order valence-electron chi connectivity index (χ3n) is 4.87. The number of carbonyl (C=O) groups is 2. The summed E-state index contributed by atoms with van der Waals surface area (Å²) in [6.07, 6.45) is 1.31. The Kier molecular flexibility index (Phi) is 5.88. The predicted octanol–water partition coefficient (Wildman–Crippen LogP) is 2.20. The summed E-state index contributed by atoms with van der Waals surface area (Å²) in [5, 5.41) is 2.87. The van der Waals surface area contributed by atoms with Crippen LogP contribution in [0.1, 0.15) is 43.0 Å². The number of imidazole rings is 1. The lowest BCUT2D eigenvalue weighted by molar-refractivity contribution is -0.131. The quantitative estimate of drug-likeness (QED) is 0.845. The predicted molar refractivity (Wildman–Crippen MR) is 99.3 cm³/mol. The Bertz CT molecular complexity index is 847. The van der Waals surface area contributed by atoms with E-state index in [1.165, 1.54) is 12.1 Å². The van der Waals surface area contributed by atoms with Crippen LogP contribution in [0.15, 0.2) is 24.3 Å². The Labute approximate surface area is 158 Å². The van der Waals surface area contributed by atoms with E-state index in [1.54, 1.807) is 17.0 Å². The van der Waals surface area contributed by atoms with Crippen LogP contribution in [0.3, 0.4) is 0 Å². The minimum atomic E-state index is -0.330. The zero-order valence-electron chi connectivity index (χ0n) is 15.8. The molecule has 1 aromatic carbocycles. The maximum absolute atomic E-state index is 13.3. The lowest BCUT2D eigenvalue weighted by atomic mass is 10.1. The highest BCUT2D eigenvalue weighted by Gasteiger charge is 2.26. The minimum Gasteiger partial charge on any atom is -0.349 e. The Morgan fingerprint density at radius 2 is 2.11 bits per heavy atom. The van der Waals surface area contributed by atoms with Crippen molar-refractivity contribution < 1.29 is 14.0 Å². The molecule has 0 bridgehead atoms. The fourth-order valence-corrected chi connectivity index (χ4v) is 3.43. The molecule has 0 spiro atoms. The first-order valence-corrected chi connectivity index (χ1v) is 9.37. The molecule has 3 rings (SSSR count). The van der Waals surface area contributed by atoms with E-state index in [9.17, 15) is 14.0 Å². The molecule has 0 atom stereocenters. The van der Waals surface area contributed by atoms with Crippen molar-refractivity contribution in [2.24, 2.45) is 0 Å². The van der Waals surface area contributed by atoms with E-state index in [0.717, 1.165) is 23.8 Å². The molecule has 1 aliphatic heterocycles. The average Bonchev–Trinajstić information content (AvgIpc) is 3.02. The molecule has 0 fully saturated rings. The molecule has 1 N–H and O–H groups in total. The highest BCUT2D eigenvalue weighted by molar-refractivity contribution is 5.79. The van der Waals surface area contributed by atoms with E-state index in [2.05, 4.69) is 14.9 Å². The first-order chi connectivity index (χ1) is 13.0. The van der Waals surface area contributed by atoms with Crippen LogP contribution in [-0.4, -0.2) is 32.8 Å². The maximum atomic E-state index is 13.3. The van der Waals surface area contributed by atoms with Gasteiger partial charge in [-0.2, -0.15) is 0 Å². The normalized spacial score (nSPS) is 13.4. The number of benzene rings is 1. The van der Waals surface area contributed by atoms with Gasteiger partial charge in [-0.1, -0.05) is 19.1 Å². The first kappa shape index (κ1) is 19.1. The second-order valence-corrected chi connectivity index (χ2v) is 6.67. The molecule has 0 saturated heterocycles. The van der Waals surface area contributed by atoms with Crippen LogP contribution in [0.5, 0.6) is 0 Å². The van der Waals surface area contributed by atoms with Gasteiger partial charge in [0.2, 0.25) is 11.8 Å². The van der Waals surface area contributed by atoms with Crippen molar-refractivity contribution in [3.8, 4) is 0 Å². The van der Waals surface area contributed by atoms with Crippen molar-refractivity contribution in [2.45, 2.75) is 52.7 Å². The molecule has 2 heterocycles. The van der Waals surface area contributed by atoms with Crippen LogP contribution in [0.4, 0.5) is 4.39 Å². The summed E-state index contributed by atoms with van der Waals surface area (Å²) in [4.78, 5) is 30.7. The zero-order chi connectivity index (χ0) is 19.4. The summed E-state index contributed by atoms with van der Waals surface area (Å²) in [6, 6.07) is 6.16. The maximum Gasteiger partial charge on any atom is 0.227 e. The molecule has 0 unspecified atom stereocenters. The number of aromatic nitrogens is 2. The number of amides is 2. The van der Waals surface area contributed by atoms with E-state index in [4.69, 9.17) is 0 Å². The van der Waals surface area contributed by atoms with Gasteiger partial charge in [0.05, 0.1) is 30.9 Å². The highest BCUT2D eigenvalue weighted by atomic mass is 19.1. The third-order valence-corrected chi connectivity index (χ3v) is 4.87. The van der Waals surface area contributed by atoms with Gasteiger partial charge < -0.3 is 14.8 Å². The second-order valence-electron chi connectivity index (χ2n) is 6.67. The highest BCUT2D eigenvalue weighted by Crippen LogP contribution is 2.21. The number of fused-ring (bicyclic) bond motifs is 1. The number of nitrogens with zero attached hydrogens (tertiary/aromatic N) is 3. The molecule has 0 radical (unpaired) electrons. The number of nitrogens with one attached hydrogen (secondary N) is 1. The molecule has 2 aromatic rings. The summed E-state index contributed by atoms with van der Waals surface area (Å²) in [6.45, 7) is 6.06. The van der Waals surface area contributed by atoms with Gasteiger partial charge in [0, 0.05) is 25.9 Å². The molecule has 0 saturated carbocycles. The molecular weight excluding hydrogens is 347 g/mol. The molecule has 0 aliphatic carbocycles. The lowest BCUT2D eigenvalue weighted by Gasteiger charge is -2.27. The molecule has 6 nitrogen and oxygen atoms in total. The van der Waals surface area contributed by atoms with Crippen LogP contribution in [-0.2, 0) is 42.1 Å². The van der Waals surface area contributed by atoms with Crippen molar-refractivity contribution in [2.75, 3.05) is 6.54 Å². The van der Waals surface area contributed by atoms with Crippen LogP contribution < -0.4 is 5.32 Å². The molecule has 2 amide bonds. The van der Waals surface area contributed by atoms with E-state index in [0.29, 0.717) is 38.0 Å².